The molecule has 1 amide bonds. The Hall–Kier alpha value is -1.74. The van der Waals surface area contributed by atoms with Crippen molar-refractivity contribution in [2.45, 2.75) is 44.7 Å². The Morgan fingerprint density at radius 2 is 2.12 bits per heavy atom. The Kier molecular flexibility index (Phi) is 4.48. The summed E-state index contributed by atoms with van der Waals surface area (Å²) in [6, 6.07) is -0.128. The zero-order chi connectivity index (χ0) is 17.5. The molecule has 0 aliphatic carbocycles. The molecule has 1 N–H and O–H groups in total. The molecule has 0 aromatic carbocycles. The van der Waals surface area contributed by atoms with E-state index in [1.165, 1.54) is 21.8 Å². The number of fused-ring (bicyclic) bond motifs is 1. The Balaban J connectivity index is 1.93. The standard InChI is InChI=1S/C15H22N4O4S/c1-10-6-13-12(8-19(10)15(20)21)14(17-9-16-13)11-4-3-5-18(7-11)24(2,22)23/h9-11H,3-8H2,1-2H3,(H,20,21)/t10-,11+/m1/s1. The maximum atomic E-state index is 11.8. The maximum Gasteiger partial charge on any atom is 0.407 e. The Labute approximate surface area is 141 Å². The van der Waals surface area contributed by atoms with Gasteiger partial charge in [0.2, 0.25) is 10.0 Å². The van der Waals surface area contributed by atoms with Gasteiger partial charge >= 0.3 is 6.09 Å². The Morgan fingerprint density at radius 3 is 2.79 bits per heavy atom. The molecular formula is C15H22N4O4S. The molecule has 1 fully saturated rings. The minimum absolute atomic E-state index is 0.0192. The quantitative estimate of drug-likeness (QED) is 0.851. The second-order valence-corrected chi connectivity index (χ2v) is 8.59. The number of rotatable bonds is 2. The lowest BCUT2D eigenvalue weighted by molar-refractivity contribution is 0.118. The van der Waals surface area contributed by atoms with Gasteiger partial charge in [0.1, 0.15) is 6.33 Å². The molecule has 0 saturated carbocycles. The Bertz CT molecular complexity index is 752. The van der Waals surface area contributed by atoms with Crippen LogP contribution < -0.4 is 0 Å². The van der Waals surface area contributed by atoms with Crippen LogP contribution in [0.5, 0.6) is 0 Å². The third-order valence-corrected chi connectivity index (χ3v) is 6.17. The number of carboxylic acid groups (broad SMARTS) is 1. The summed E-state index contributed by atoms with van der Waals surface area (Å²) in [4.78, 5) is 21.6. The summed E-state index contributed by atoms with van der Waals surface area (Å²) in [5, 5.41) is 9.38. The molecule has 0 spiro atoms. The predicted molar refractivity (Wildman–Crippen MR) is 87.2 cm³/mol. The van der Waals surface area contributed by atoms with Crippen LogP contribution in [-0.4, -0.2) is 64.2 Å². The highest BCUT2D eigenvalue weighted by Gasteiger charge is 2.34. The first kappa shape index (κ1) is 17.1. The lowest BCUT2D eigenvalue weighted by atomic mass is 9.89. The van der Waals surface area contributed by atoms with Crippen molar-refractivity contribution in [1.29, 1.82) is 0 Å². The zero-order valence-electron chi connectivity index (χ0n) is 13.8. The molecule has 8 nitrogen and oxygen atoms in total. The molecule has 3 heterocycles. The molecule has 2 aliphatic heterocycles. The van der Waals surface area contributed by atoms with Crippen LogP contribution in [0, 0.1) is 0 Å². The van der Waals surface area contributed by atoms with Crippen molar-refractivity contribution in [2.24, 2.45) is 0 Å². The summed E-state index contributed by atoms with van der Waals surface area (Å²) >= 11 is 0. The van der Waals surface area contributed by atoms with E-state index in [1.807, 2.05) is 6.92 Å². The third kappa shape index (κ3) is 3.23. The number of sulfonamides is 1. The van der Waals surface area contributed by atoms with E-state index in [0.717, 1.165) is 29.8 Å². The van der Waals surface area contributed by atoms with Crippen molar-refractivity contribution in [3.63, 3.8) is 0 Å². The first-order valence-electron chi connectivity index (χ1n) is 8.04. The number of aromatic nitrogens is 2. The number of amides is 1. The van der Waals surface area contributed by atoms with Crippen LogP contribution in [0.2, 0.25) is 0 Å². The summed E-state index contributed by atoms with van der Waals surface area (Å²) in [6.45, 7) is 3.05. The largest absolute Gasteiger partial charge is 0.465 e. The highest BCUT2D eigenvalue weighted by atomic mass is 32.2. The van der Waals surface area contributed by atoms with E-state index in [9.17, 15) is 18.3 Å². The monoisotopic (exact) mass is 354 g/mol. The summed E-state index contributed by atoms with van der Waals surface area (Å²) in [6.07, 6.45) is 3.95. The van der Waals surface area contributed by atoms with E-state index in [-0.39, 0.29) is 18.5 Å². The van der Waals surface area contributed by atoms with Gasteiger partial charge in [0, 0.05) is 37.0 Å². The lowest BCUT2D eigenvalue weighted by Gasteiger charge is -2.36. The van der Waals surface area contributed by atoms with Gasteiger partial charge < -0.3 is 10.0 Å². The average Bonchev–Trinajstić information content (AvgIpc) is 2.52. The third-order valence-electron chi connectivity index (χ3n) is 4.90. The molecule has 3 rings (SSSR count). The second-order valence-electron chi connectivity index (χ2n) is 6.61. The summed E-state index contributed by atoms with van der Waals surface area (Å²) in [7, 11) is -3.24. The number of hydrogen-bond acceptors (Lipinski definition) is 5. The number of nitrogens with zero attached hydrogens (tertiary/aromatic N) is 4. The summed E-state index contributed by atoms with van der Waals surface area (Å²) < 4.78 is 25.2. The van der Waals surface area contributed by atoms with E-state index >= 15 is 0 Å². The maximum absolute atomic E-state index is 11.8. The van der Waals surface area contributed by atoms with E-state index < -0.39 is 16.1 Å². The molecule has 0 bridgehead atoms. The molecule has 2 aliphatic rings. The van der Waals surface area contributed by atoms with Crippen molar-refractivity contribution in [2.75, 3.05) is 19.3 Å². The summed E-state index contributed by atoms with van der Waals surface area (Å²) in [5.41, 5.74) is 2.52. The fourth-order valence-corrected chi connectivity index (χ4v) is 4.52. The lowest BCUT2D eigenvalue weighted by Crippen LogP contribution is -2.43. The van der Waals surface area contributed by atoms with Gasteiger partial charge in [-0.2, -0.15) is 0 Å². The zero-order valence-corrected chi connectivity index (χ0v) is 14.7. The van der Waals surface area contributed by atoms with Crippen LogP contribution in [0.15, 0.2) is 6.33 Å². The van der Waals surface area contributed by atoms with Crippen molar-refractivity contribution < 1.29 is 18.3 Å². The fraction of sp³-hybridized carbons (Fsp3) is 0.667. The molecule has 1 saturated heterocycles. The molecule has 0 radical (unpaired) electrons. The van der Waals surface area contributed by atoms with Gasteiger partial charge in [0.15, 0.2) is 0 Å². The van der Waals surface area contributed by atoms with Gasteiger partial charge in [-0.3, -0.25) is 0 Å². The fourth-order valence-electron chi connectivity index (χ4n) is 3.60. The molecule has 132 valence electrons. The van der Waals surface area contributed by atoms with Crippen LogP contribution in [0.1, 0.15) is 42.6 Å². The minimum Gasteiger partial charge on any atom is -0.465 e. The van der Waals surface area contributed by atoms with Crippen LogP contribution >= 0.6 is 0 Å². The van der Waals surface area contributed by atoms with Crippen molar-refractivity contribution in [3.05, 3.63) is 23.3 Å². The van der Waals surface area contributed by atoms with E-state index in [4.69, 9.17) is 0 Å². The Morgan fingerprint density at radius 1 is 1.38 bits per heavy atom. The normalized spacial score (nSPS) is 25.3. The van der Waals surface area contributed by atoms with Gasteiger partial charge in [-0.15, -0.1) is 0 Å². The minimum atomic E-state index is -3.24. The van der Waals surface area contributed by atoms with Gasteiger partial charge in [0.05, 0.1) is 24.2 Å². The molecule has 0 unspecified atom stereocenters. The van der Waals surface area contributed by atoms with Crippen LogP contribution in [0.4, 0.5) is 4.79 Å². The van der Waals surface area contributed by atoms with Gasteiger partial charge in [-0.25, -0.2) is 27.5 Å². The van der Waals surface area contributed by atoms with Crippen molar-refractivity contribution in [3.8, 4) is 0 Å². The number of hydrogen-bond donors (Lipinski definition) is 1. The number of piperidine rings is 1. The smallest absolute Gasteiger partial charge is 0.407 e. The van der Waals surface area contributed by atoms with Crippen LogP contribution in [-0.2, 0) is 23.0 Å². The second kappa shape index (κ2) is 6.29. The SMILES string of the molecule is C[C@@H]1Cc2ncnc([C@H]3CCCN(S(C)(=O)=O)C3)c2CN1C(=O)O. The highest BCUT2D eigenvalue weighted by molar-refractivity contribution is 7.88. The molecule has 2 atom stereocenters. The van der Waals surface area contributed by atoms with E-state index in [1.54, 1.807) is 0 Å². The van der Waals surface area contributed by atoms with Crippen LogP contribution in [0.3, 0.4) is 0 Å². The first-order valence-corrected chi connectivity index (χ1v) is 9.89. The average molecular weight is 354 g/mol. The van der Waals surface area contributed by atoms with Crippen molar-refractivity contribution in [1.82, 2.24) is 19.2 Å². The molecule has 1 aromatic heterocycles. The molecule has 1 aromatic rings. The van der Waals surface area contributed by atoms with Gasteiger partial charge in [-0.05, 0) is 19.8 Å². The number of carbonyl (C=O) groups is 1. The topological polar surface area (TPSA) is 104 Å². The van der Waals surface area contributed by atoms with E-state index in [2.05, 4.69) is 9.97 Å². The highest BCUT2D eigenvalue weighted by Crippen LogP contribution is 2.33. The summed E-state index contributed by atoms with van der Waals surface area (Å²) in [5.74, 6) is -0.0192. The first-order chi connectivity index (χ1) is 11.3. The van der Waals surface area contributed by atoms with Crippen LogP contribution in [0.25, 0.3) is 0 Å². The van der Waals surface area contributed by atoms with Gasteiger partial charge in [0.25, 0.3) is 0 Å². The molecule has 9 heteroatoms. The van der Waals surface area contributed by atoms with Gasteiger partial charge in [-0.1, -0.05) is 0 Å². The predicted octanol–water partition coefficient (Wildman–Crippen LogP) is 1.04. The van der Waals surface area contributed by atoms with E-state index in [0.29, 0.717) is 19.5 Å². The molecule has 24 heavy (non-hydrogen) atoms. The van der Waals surface area contributed by atoms with Crippen molar-refractivity contribution >= 4 is 16.1 Å². The molecular weight excluding hydrogens is 332 g/mol.